The summed E-state index contributed by atoms with van der Waals surface area (Å²) in [5.41, 5.74) is 1.24. The highest BCUT2D eigenvalue weighted by Crippen LogP contribution is 2.27. The predicted octanol–water partition coefficient (Wildman–Crippen LogP) is 1.03. The number of rotatable bonds is 6. The first-order chi connectivity index (χ1) is 9.20. The van der Waals surface area contributed by atoms with Crippen LogP contribution in [-0.4, -0.2) is 51.8 Å². The van der Waals surface area contributed by atoms with Crippen LogP contribution in [0.1, 0.15) is 37.8 Å². The van der Waals surface area contributed by atoms with Gasteiger partial charge >= 0.3 is 0 Å². The molecule has 19 heavy (non-hydrogen) atoms. The van der Waals surface area contributed by atoms with E-state index in [1.165, 1.54) is 5.69 Å². The van der Waals surface area contributed by atoms with E-state index in [-0.39, 0.29) is 12.4 Å². The average Bonchev–Trinajstić information content (AvgIpc) is 2.86. The van der Waals surface area contributed by atoms with Gasteiger partial charge in [0.1, 0.15) is 5.78 Å². The quantitative estimate of drug-likeness (QED) is 0.835. The van der Waals surface area contributed by atoms with Gasteiger partial charge in [-0.2, -0.15) is 5.10 Å². The van der Waals surface area contributed by atoms with Crippen molar-refractivity contribution in [3.8, 4) is 0 Å². The normalized spacial score (nSPS) is 17.8. The molecule has 106 valence electrons. The minimum Gasteiger partial charge on any atom is -0.394 e. The summed E-state index contributed by atoms with van der Waals surface area (Å²) in [4.78, 5) is 13.4. The Bertz CT molecular complexity index is 409. The van der Waals surface area contributed by atoms with Gasteiger partial charge in [-0.15, -0.1) is 0 Å². The van der Waals surface area contributed by atoms with Crippen LogP contribution in [0.5, 0.6) is 0 Å². The number of aliphatic hydroxyl groups is 1. The fourth-order valence-corrected chi connectivity index (χ4v) is 2.74. The van der Waals surface area contributed by atoms with Gasteiger partial charge in [-0.3, -0.25) is 9.48 Å². The molecule has 0 atom stereocenters. The molecule has 1 aromatic heterocycles. The standard InChI is InChI=1S/C14H23N3O2/c1-12(19)3-7-16-8-4-13(5-9-16)14-2-6-15-17(14)10-11-18/h2,6,13,18H,3-5,7-11H2,1H3. The van der Waals surface area contributed by atoms with Gasteiger partial charge in [0.15, 0.2) is 0 Å². The van der Waals surface area contributed by atoms with Crippen LogP contribution in [0.4, 0.5) is 0 Å². The zero-order chi connectivity index (χ0) is 13.7. The smallest absolute Gasteiger partial charge is 0.131 e. The van der Waals surface area contributed by atoms with Gasteiger partial charge in [-0.1, -0.05) is 0 Å². The van der Waals surface area contributed by atoms with Gasteiger partial charge in [-0.25, -0.2) is 0 Å². The topological polar surface area (TPSA) is 58.4 Å². The fourth-order valence-electron chi connectivity index (χ4n) is 2.74. The number of aliphatic hydroxyl groups excluding tert-OH is 1. The lowest BCUT2D eigenvalue weighted by atomic mass is 9.93. The molecule has 0 aromatic carbocycles. The van der Waals surface area contributed by atoms with Gasteiger partial charge in [-0.05, 0) is 38.9 Å². The molecule has 5 heteroatoms. The number of likely N-dealkylation sites (tertiary alicyclic amines) is 1. The molecule has 1 aromatic rings. The molecular formula is C14H23N3O2. The van der Waals surface area contributed by atoms with E-state index in [2.05, 4.69) is 16.1 Å². The number of aromatic nitrogens is 2. The molecular weight excluding hydrogens is 242 g/mol. The van der Waals surface area contributed by atoms with Crippen LogP contribution in [0.25, 0.3) is 0 Å². The second-order valence-corrected chi connectivity index (χ2v) is 5.27. The summed E-state index contributed by atoms with van der Waals surface area (Å²) in [7, 11) is 0. The van der Waals surface area contributed by atoms with Gasteiger partial charge in [0.05, 0.1) is 13.2 Å². The van der Waals surface area contributed by atoms with Crippen molar-refractivity contribution in [2.45, 2.75) is 38.6 Å². The Labute approximate surface area is 114 Å². The molecule has 1 saturated heterocycles. The molecule has 0 saturated carbocycles. The van der Waals surface area contributed by atoms with Crippen LogP contribution in [0.2, 0.25) is 0 Å². The van der Waals surface area contributed by atoms with Crippen molar-refractivity contribution in [3.63, 3.8) is 0 Å². The Morgan fingerprint density at radius 3 is 2.79 bits per heavy atom. The maximum Gasteiger partial charge on any atom is 0.131 e. The second kappa shape index (κ2) is 6.82. The van der Waals surface area contributed by atoms with E-state index < -0.39 is 0 Å². The summed E-state index contributed by atoms with van der Waals surface area (Å²) < 4.78 is 1.91. The summed E-state index contributed by atoms with van der Waals surface area (Å²) in [6, 6.07) is 2.06. The summed E-state index contributed by atoms with van der Waals surface area (Å²) in [5, 5.41) is 13.3. The lowest BCUT2D eigenvalue weighted by molar-refractivity contribution is -0.117. The summed E-state index contributed by atoms with van der Waals surface area (Å²) in [6.45, 7) is 5.33. The average molecular weight is 265 g/mol. The molecule has 0 radical (unpaired) electrons. The first kappa shape index (κ1) is 14.2. The third kappa shape index (κ3) is 3.88. The fraction of sp³-hybridized carbons (Fsp3) is 0.714. The van der Waals surface area contributed by atoms with Crippen molar-refractivity contribution in [2.24, 2.45) is 0 Å². The molecule has 0 spiro atoms. The largest absolute Gasteiger partial charge is 0.394 e. The summed E-state index contributed by atoms with van der Waals surface area (Å²) in [6.07, 6.45) is 4.68. The van der Waals surface area contributed by atoms with E-state index in [1.807, 2.05) is 10.9 Å². The molecule has 0 aliphatic carbocycles. The molecule has 1 aliphatic heterocycles. The highest BCUT2D eigenvalue weighted by Gasteiger charge is 2.22. The second-order valence-electron chi connectivity index (χ2n) is 5.27. The van der Waals surface area contributed by atoms with Gasteiger partial charge in [0.25, 0.3) is 0 Å². The highest BCUT2D eigenvalue weighted by molar-refractivity contribution is 5.75. The van der Waals surface area contributed by atoms with Crippen LogP contribution in [0.3, 0.4) is 0 Å². The number of nitrogens with zero attached hydrogens (tertiary/aromatic N) is 3. The van der Waals surface area contributed by atoms with E-state index >= 15 is 0 Å². The zero-order valence-electron chi connectivity index (χ0n) is 11.6. The number of carbonyl (C=O) groups is 1. The van der Waals surface area contributed by atoms with E-state index in [4.69, 9.17) is 5.11 Å². The van der Waals surface area contributed by atoms with Crippen LogP contribution < -0.4 is 0 Å². The monoisotopic (exact) mass is 265 g/mol. The van der Waals surface area contributed by atoms with Crippen LogP contribution in [-0.2, 0) is 11.3 Å². The first-order valence-corrected chi connectivity index (χ1v) is 7.05. The minimum absolute atomic E-state index is 0.131. The molecule has 2 heterocycles. The van der Waals surface area contributed by atoms with Gasteiger partial charge in [0, 0.05) is 30.8 Å². The Morgan fingerprint density at radius 1 is 1.42 bits per heavy atom. The van der Waals surface area contributed by atoms with Crippen molar-refractivity contribution in [2.75, 3.05) is 26.2 Å². The van der Waals surface area contributed by atoms with Gasteiger partial charge < -0.3 is 10.0 Å². The van der Waals surface area contributed by atoms with E-state index in [0.29, 0.717) is 18.9 Å². The Morgan fingerprint density at radius 2 is 2.16 bits per heavy atom. The van der Waals surface area contributed by atoms with Crippen molar-refractivity contribution in [1.29, 1.82) is 0 Å². The SMILES string of the molecule is CC(=O)CCN1CCC(c2ccnn2CCO)CC1. The van der Waals surface area contributed by atoms with E-state index in [0.717, 1.165) is 32.5 Å². The Hall–Kier alpha value is -1.20. The molecule has 2 rings (SSSR count). The third-order valence-corrected chi connectivity index (χ3v) is 3.85. The van der Waals surface area contributed by atoms with Crippen LogP contribution >= 0.6 is 0 Å². The number of Topliss-reactive ketones (excluding diaryl/α,β-unsaturated/α-hetero) is 1. The maximum absolute atomic E-state index is 11.0. The number of ketones is 1. The zero-order valence-corrected chi connectivity index (χ0v) is 11.6. The van der Waals surface area contributed by atoms with Crippen molar-refractivity contribution in [3.05, 3.63) is 18.0 Å². The van der Waals surface area contributed by atoms with Crippen molar-refractivity contribution < 1.29 is 9.90 Å². The summed E-state index contributed by atoms with van der Waals surface area (Å²) >= 11 is 0. The first-order valence-electron chi connectivity index (χ1n) is 7.05. The molecule has 1 aliphatic rings. The van der Waals surface area contributed by atoms with Gasteiger partial charge in [0.2, 0.25) is 0 Å². The minimum atomic E-state index is 0.131. The molecule has 5 nitrogen and oxygen atoms in total. The third-order valence-electron chi connectivity index (χ3n) is 3.85. The highest BCUT2D eigenvalue weighted by atomic mass is 16.3. The van der Waals surface area contributed by atoms with Crippen molar-refractivity contribution in [1.82, 2.24) is 14.7 Å². The van der Waals surface area contributed by atoms with E-state index in [1.54, 1.807) is 6.92 Å². The summed E-state index contributed by atoms with van der Waals surface area (Å²) in [5.74, 6) is 0.797. The number of hydrogen-bond acceptors (Lipinski definition) is 4. The maximum atomic E-state index is 11.0. The molecule has 0 unspecified atom stereocenters. The lowest BCUT2D eigenvalue weighted by Gasteiger charge is -2.31. The molecule has 0 bridgehead atoms. The Balaban J connectivity index is 1.85. The molecule has 1 N–H and O–H groups in total. The molecule has 1 fully saturated rings. The molecule has 0 amide bonds. The number of carbonyl (C=O) groups excluding carboxylic acids is 1. The Kier molecular flexibility index (Phi) is 5.10. The predicted molar refractivity (Wildman–Crippen MR) is 73.0 cm³/mol. The van der Waals surface area contributed by atoms with Crippen LogP contribution in [0.15, 0.2) is 12.3 Å². The number of hydrogen-bond donors (Lipinski definition) is 1. The van der Waals surface area contributed by atoms with Crippen LogP contribution in [0, 0.1) is 0 Å². The number of piperidine rings is 1. The lowest BCUT2D eigenvalue weighted by Crippen LogP contribution is -2.35. The van der Waals surface area contributed by atoms with Crippen molar-refractivity contribution >= 4 is 5.78 Å². The van der Waals surface area contributed by atoms with E-state index in [9.17, 15) is 4.79 Å².